The summed E-state index contributed by atoms with van der Waals surface area (Å²) >= 11 is 0. The molecule has 0 amide bonds. The van der Waals surface area contributed by atoms with Crippen molar-refractivity contribution >= 4 is 22.8 Å². The number of fused-ring (bicyclic) bond motifs is 2. The van der Waals surface area contributed by atoms with Crippen molar-refractivity contribution in [3.63, 3.8) is 0 Å². The van der Waals surface area contributed by atoms with E-state index < -0.39 is 0 Å². The molecule has 0 radical (unpaired) electrons. The van der Waals surface area contributed by atoms with Crippen LogP contribution in [0.4, 0.5) is 11.6 Å². The van der Waals surface area contributed by atoms with E-state index >= 15 is 0 Å². The number of benzene rings is 1. The van der Waals surface area contributed by atoms with E-state index in [-0.39, 0.29) is 6.04 Å². The predicted molar refractivity (Wildman–Crippen MR) is 123 cm³/mol. The number of aromatic nitrogens is 4. The van der Waals surface area contributed by atoms with Gasteiger partial charge in [-0.05, 0) is 73.2 Å². The molecule has 0 bridgehead atoms. The zero-order chi connectivity index (χ0) is 20.9. The van der Waals surface area contributed by atoms with Crippen LogP contribution >= 0.6 is 0 Å². The molecule has 31 heavy (non-hydrogen) atoms. The normalized spacial score (nSPS) is 18.1. The first-order valence-electron chi connectivity index (χ1n) is 10.9. The van der Waals surface area contributed by atoms with Gasteiger partial charge in [0.2, 0.25) is 0 Å². The highest BCUT2D eigenvalue weighted by atomic mass is 15.2. The smallest absolute Gasteiger partial charge is 0.167 e. The minimum absolute atomic E-state index is 0.122. The molecule has 3 aromatic heterocycles. The number of nitrogens with two attached hydrogens (primary N) is 2. The Labute approximate surface area is 180 Å². The fourth-order valence-corrected chi connectivity index (χ4v) is 4.88. The molecular formula is C24H25N7. The second kappa shape index (κ2) is 7.06. The van der Waals surface area contributed by atoms with Crippen LogP contribution in [0.5, 0.6) is 0 Å². The zero-order valence-corrected chi connectivity index (χ0v) is 17.3. The molecule has 1 fully saturated rings. The molecule has 7 nitrogen and oxygen atoms in total. The molecule has 4 heterocycles. The molecule has 1 atom stereocenters. The van der Waals surface area contributed by atoms with Crippen LogP contribution in [0.15, 0.2) is 48.7 Å². The summed E-state index contributed by atoms with van der Waals surface area (Å²) in [6.07, 6.45) is 6.10. The van der Waals surface area contributed by atoms with Gasteiger partial charge in [0.15, 0.2) is 11.5 Å². The van der Waals surface area contributed by atoms with Gasteiger partial charge in [-0.15, -0.1) is 0 Å². The van der Waals surface area contributed by atoms with Gasteiger partial charge < -0.3 is 16.4 Å². The minimum atomic E-state index is 0.122. The number of aryl methyl sites for hydroxylation is 1. The van der Waals surface area contributed by atoms with Crippen molar-refractivity contribution in [1.29, 1.82) is 0 Å². The van der Waals surface area contributed by atoms with Crippen LogP contribution in [0.1, 0.15) is 36.4 Å². The summed E-state index contributed by atoms with van der Waals surface area (Å²) in [5.74, 6) is 2.22. The van der Waals surface area contributed by atoms with E-state index in [9.17, 15) is 0 Å². The molecule has 156 valence electrons. The Morgan fingerprint density at radius 1 is 1.00 bits per heavy atom. The predicted octanol–water partition coefficient (Wildman–Crippen LogP) is 3.61. The quantitative estimate of drug-likeness (QED) is 0.534. The van der Waals surface area contributed by atoms with Gasteiger partial charge in [-0.2, -0.15) is 0 Å². The van der Waals surface area contributed by atoms with Crippen molar-refractivity contribution in [2.24, 2.45) is 5.73 Å². The Bertz CT molecular complexity index is 1290. The van der Waals surface area contributed by atoms with Gasteiger partial charge >= 0.3 is 0 Å². The Balaban J connectivity index is 1.60. The van der Waals surface area contributed by atoms with E-state index in [0.29, 0.717) is 5.82 Å². The number of nitrogen functional groups attached to an aromatic ring is 1. The fourth-order valence-electron chi connectivity index (χ4n) is 4.88. The molecule has 0 saturated carbocycles. The number of imidazole rings is 1. The monoisotopic (exact) mass is 411 g/mol. The Morgan fingerprint density at radius 3 is 2.71 bits per heavy atom. The third kappa shape index (κ3) is 2.96. The van der Waals surface area contributed by atoms with E-state index in [2.05, 4.69) is 44.8 Å². The molecule has 0 unspecified atom stereocenters. The molecule has 2 aliphatic rings. The molecule has 1 aliphatic carbocycles. The lowest BCUT2D eigenvalue weighted by atomic mass is 10.1. The number of hydrogen-bond donors (Lipinski definition) is 2. The highest BCUT2D eigenvalue weighted by Gasteiger charge is 2.23. The maximum absolute atomic E-state index is 6.27. The van der Waals surface area contributed by atoms with Crippen molar-refractivity contribution in [3.8, 4) is 17.1 Å². The van der Waals surface area contributed by atoms with E-state index in [4.69, 9.17) is 21.4 Å². The van der Waals surface area contributed by atoms with Crippen LogP contribution < -0.4 is 16.4 Å². The standard InChI is InChI=1S/C24H25N7/c25-19-8-5-15-14-16(6-7-17(15)19)31-23(18-4-3-11-27-22(18)26)28-20-9-10-21(29-24(20)31)30-12-1-2-13-30/h3-4,6-7,9-11,14,19H,1-2,5,8,12-13,25H2,(H2,26,27)/t19-/m0/s1. The van der Waals surface area contributed by atoms with E-state index in [0.717, 1.165) is 60.0 Å². The number of pyridine rings is 2. The van der Waals surface area contributed by atoms with Gasteiger partial charge in [0, 0.05) is 31.0 Å². The number of nitrogens with zero attached hydrogens (tertiary/aromatic N) is 5. The molecule has 1 saturated heterocycles. The van der Waals surface area contributed by atoms with Crippen LogP contribution in [-0.2, 0) is 6.42 Å². The van der Waals surface area contributed by atoms with Gasteiger partial charge in [-0.1, -0.05) is 6.07 Å². The summed E-state index contributed by atoms with van der Waals surface area (Å²) in [4.78, 5) is 16.6. The molecule has 1 aromatic carbocycles. The maximum atomic E-state index is 6.27. The molecule has 6 rings (SSSR count). The zero-order valence-electron chi connectivity index (χ0n) is 17.3. The summed E-state index contributed by atoms with van der Waals surface area (Å²) in [6, 6.07) is 14.6. The van der Waals surface area contributed by atoms with Crippen molar-refractivity contribution < 1.29 is 0 Å². The lowest BCUT2D eigenvalue weighted by molar-refractivity contribution is 0.713. The van der Waals surface area contributed by atoms with Gasteiger partial charge in [0.05, 0.1) is 5.56 Å². The molecule has 4 aromatic rings. The van der Waals surface area contributed by atoms with E-state index in [1.165, 1.54) is 24.0 Å². The summed E-state index contributed by atoms with van der Waals surface area (Å²) in [7, 11) is 0. The largest absolute Gasteiger partial charge is 0.383 e. The SMILES string of the molecule is Nc1ncccc1-c1nc2ccc(N3CCCC3)nc2n1-c1ccc2c(c1)CC[C@@H]2N. The van der Waals surface area contributed by atoms with Gasteiger partial charge in [0.25, 0.3) is 0 Å². The first-order chi connectivity index (χ1) is 15.2. The van der Waals surface area contributed by atoms with Gasteiger partial charge in [0.1, 0.15) is 17.2 Å². The summed E-state index contributed by atoms with van der Waals surface area (Å²) in [5.41, 5.74) is 18.6. The topological polar surface area (TPSA) is 98.9 Å². The molecule has 0 spiro atoms. The van der Waals surface area contributed by atoms with Gasteiger partial charge in [-0.3, -0.25) is 4.57 Å². The summed E-state index contributed by atoms with van der Waals surface area (Å²) in [5, 5.41) is 0. The van der Waals surface area contributed by atoms with Crippen molar-refractivity contribution in [2.45, 2.75) is 31.7 Å². The second-order valence-corrected chi connectivity index (χ2v) is 8.44. The van der Waals surface area contributed by atoms with Crippen molar-refractivity contribution in [3.05, 3.63) is 59.8 Å². The highest BCUT2D eigenvalue weighted by Crippen LogP contribution is 2.35. The molecule has 7 heteroatoms. The van der Waals surface area contributed by atoms with Crippen molar-refractivity contribution in [2.75, 3.05) is 23.7 Å². The molecule has 4 N–H and O–H groups in total. The molecular weight excluding hydrogens is 386 g/mol. The van der Waals surface area contributed by atoms with Gasteiger partial charge in [-0.25, -0.2) is 15.0 Å². The fraction of sp³-hybridized carbons (Fsp3) is 0.292. The van der Waals surface area contributed by atoms with Crippen LogP contribution in [-0.4, -0.2) is 32.6 Å². The highest BCUT2D eigenvalue weighted by molar-refractivity contribution is 5.84. The third-order valence-electron chi connectivity index (χ3n) is 6.51. The minimum Gasteiger partial charge on any atom is -0.383 e. The van der Waals surface area contributed by atoms with Crippen LogP contribution in [0.25, 0.3) is 28.2 Å². The van der Waals surface area contributed by atoms with Crippen LogP contribution in [0.3, 0.4) is 0 Å². The van der Waals surface area contributed by atoms with E-state index in [1.807, 2.05) is 12.1 Å². The molecule has 1 aliphatic heterocycles. The maximum Gasteiger partial charge on any atom is 0.167 e. The average molecular weight is 412 g/mol. The Hall–Kier alpha value is -3.45. The lowest BCUT2D eigenvalue weighted by Gasteiger charge is -2.17. The summed E-state index contributed by atoms with van der Waals surface area (Å²) in [6.45, 7) is 2.09. The Morgan fingerprint density at radius 2 is 1.87 bits per heavy atom. The average Bonchev–Trinajstić information content (AvgIpc) is 3.52. The number of rotatable bonds is 3. The number of hydrogen-bond acceptors (Lipinski definition) is 6. The van der Waals surface area contributed by atoms with Crippen LogP contribution in [0.2, 0.25) is 0 Å². The number of anilines is 2. The summed E-state index contributed by atoms with van der Waals surface area (Å²) < 4.78 is 2.12. The second-order valence-electron chi connectivity index (χ2n) is 8.44. The third-order valence-corrected chi connectivity index (χ3v) is 6.51. The van der Waals surface area contributed by atoms with Crippen LogP contribution in [0, 0.1) is 0 Å². The first kappa shape index (κ1) is 18.3. The Kier molecular flexibility index (Phi) is 4.17. The lowest BCUT2D eigenvalue weighted by Crippen LogP contribution is -2.19. The first-order valence-corrected chi connectivity index (χ1v) is 10.9. The van der Waals surface area contributed by atoms with Crippen molar-refractivity contribution in [1.82, 2.24) is 19.5 Å². The van der Waals surface area contributed by atoms with E-state index in [1.54, 1.807) is 6.20 Å².